The summed E-state index contributed by atoms with van der Waals surface area (Å²) >= 11 is 5.98. The van der Waals surface area contributed by atoms with Gasteiger partial charge in [-0.25, -0.2) is 9.97 Å². The minimum atomic E-state index is 0.631. The molecule has 3 aromatic carbocycles. The Bertz CT molecular complexity index is 1120. The molecule has 28 heavy (non-hydrogen) atoms. The highest BCUT2D eigenvalue weighted by molar-refractivity contribution is 6.30. The van der Waals surface area contributed by atoms with Gasteiger partial charge < -0.3 is 10.1 Å². The molecule has 1 N–H and O–H groups in total. The summed E-state index contributed by atoms with van der Waals surface area (Å²) in [7, 11) is 1.66. The van der Waals surface area contributed by atoms with Gasteiger partial charge in [-0.2, -0.15) is 0 Å². The summed E-state index contributed by atoms with van der Waals surface area (Å²) in [5, 5.41) is 5.02. The van der Waals surface area contributed by atoms with Gasteiger partial charge in [0.1, 0.15) is 11.6 Å². The molecule has 138 valence electrons. The molecular weight excluding hydrogens is 370 g/mol. The monoisotopic (exact) mass is 387 g/mol. The zero-order valence-corrected chi connectivity index (χ0v) is 16.0. The molecule has 0 bridgehead atoms. The molecule has 4 aromatic rings. The van der Waals surface area contributed by atoms with Gasteiger partial charge in [-0.05, 0) is 60.2 Å². The van der Waals surface area contributed by atoms with Crippen molar-refractivity contribution in [1.82, 2.24) is 9.97 Å². The summed E-state index contributed by atoms with van der Waals surface area (Å²) < 4.78 is 5.19. The van der Waals surface area contributed by atoms with E-state index < -0.39 is 0 Å². The molecule has 0 aliphatic rings. The van der Waals surface area contributed by atoms with Crippen LogP contribution in [0.2, 0.25) is 5.02 Å². The number of para-hydroxylation sites is 1. The van der Waals surface area contributed by atoms with E-state index in [0.717, 1.165) is 33.7 Å². The summed E-state index contributed by atoms with van der Waals surface area (Å²) in [6, 6.07) is 23.3. The molecule has 0 fully saturated rings. The van der Waals surface area contributed by atoms with Crippen LogP contribution < -0.4 is 10.1 Å². The van der Waals surface area contributed by atoms with Gasteiger partial charge in [0, 0.05) is 16.1 Å². The van der Waals surface area contributed by atoms with Crippen molar-refractivity contribution >= 4 is 46.2 Å². The number of methoxy groups -OCH3 is 1. The average Bonchev–Trinajstić information content (AvgIpc) is 2.74. The number of benzene rings is 3. The first kappa shape index (κ1) is 18.0. The highest BCUT2D eigenvalue weighted by Crippen LogP contribution is 2.25. The Morgan fingerprint density at radius 1 is 0.857 bits per heavy atom. The number of aromatic nitrogens is 2. The molecule has 0 aliphatic carbocycles. The van der Waals surface area contributed by atoms with E-state index in [-0.39, 0.29) is 0 Å². The lowest BCUT2D eigenvalue weighted by Crippen LogP contribution is -1.99. The van der Waals surface area contributed by atoms with Crippen LogP contribution in [0.15, 0.2) is 72.8 Å². The number of halogens is 1. The maximum absolute atomic E-state index is 5.98. The van der Waals surface area contributed by atoms with E-state index in [1.165, 1.54) is 0 Å². The molecule has 0 saturated carbocycles. The zero-order valence-electron chi connectivity index (χ0n) is 15.3. The Balaban J connectivity index is 1.68. The van der Waals surface area contributed by atoms with Gasteiger partial charge in [0.25, 0.3) is 0 Å². The van der Waals surface area contributed by atoms with E-state index in [1.807, 2.05) is 84.9 Å². The summed E-state index contributed by atoms with van der Waals surface area (Å²) in [6.45, 7) is 0. The fraction of sp³-hybridized carbons (Fsp3) is 0.0435. The largest absolute Gasteiger partial charge is 0.497 e. The van der Waals surface area contributed by atoms with Gasteiger partial charge in [-0.15, -0.1) is 0 Å². The van der Waals surface area contributed by atoms with Crippen molar-refractivity contribution in [1.29, 1.82) is 0 Å². The smallest absolute Gasteiger partial charge is 0.154 e. The second-order valence-corrected chi connectivity index (χ2v) is 6.62. The van der Waals surface area contributed by atoms with Crippen LogP contribution in [-0.2, 0) is 0 Å². The van der Waals surface area contributed by atoms with Gasteiger partial charge in [0.2, 0.25) is 0 Å². The van der Waals surface area contributed by atoms with Crippen LogP contribution in [0.3, 0.4) is 0 Å². The van der Waals surface area contributed by atoms with E-state index >= 15 is 0 Å². The van der Waals surface area contributed by atoms with Crippen LogP contribution in [0.5, 0.6) is 5.75 Å². The third kappa shape index (κ3) is 4.13. The van der Waals surface area contributed by atoms with Crippen LogP contribution >= 0.6 is 11.6 Å². The predicted molar refractivity (Wildman–Crippen MR) is 116 cm³/mol. The molecule has 1 heterocycles. The zero-order chi connectivity index (χ0) is 19.3. The summed E-state index contributed by atoms with van der Waals surface area (Å²) in [5.41, 5.74) is 2.84. The van der Waals surface area contributed by atoms with Crippen molar-refractivity contribution in [3.8, 4) is 5.75 Å². The lowest BCUT2D eigenvalue weighted by molar-refractivity contribution is 0.415. The van der Waals surface area contributed by atoms with Gasteiger partial charge in [-0.3, -0.25) is 0 Å². The maximum Gasteiger partial charge on any atom is 0.154 e. The standard InChI is InChI=1S/C23H18ClN3O/c1-28-19-13-6-16(7-14-19)8-15-22-26-21-5-3-2-4-20(21)23(27-22)25-18-11-9-17(24)10-12-18/h2-15H,1H3,(H,25,26,27)/b15-8+. The van der Waals surface area contributed by atoms with Crippen molar-refractivity contribution in [3.05, 3.63) is 89.2 Å². The Labute approximate surface area is 168 Å². The third-order valence-electron chi connectivity index (χ3n) is 4.27. The number of nitrogens with one attached hydrogen (secondary N) is 1. The van der Waals surface area contributed by atoms with E-state index in [2.05, 4.69) is 10.3 Å². The van der Waals surface area contributed by atoms with Gasteiger partial charge in [-0.1, -0.05) is 41.9 Å². The minimum Gasteiger partial charge on any atom is -0.497 e. The number of fused-ring (bicyclic) bond motifs is 1. The normalized spacial score (nSPS) is 11.1. The molecule has 0 spiro atoms. The first-order chi connectivity index (χ1) is 13.7. The van der Waals surface area contributed by atoms with E-state index in [1.54, 1.807) is 7.11 Å². The average molecular weight is 388 g/mol. The van der Waals surface area contributed by atoms with Gasteiger partial charge in [0.05, 0.1) is 12.6 Å². The number of hydrogen-bond acceptors (Lipinski definition) is 4. The molecule has 0 saturated heterocycles. The molecule has 0 radical (unpaired) electrons. The fourth-order valence-corrected chi connectivity index (χ4v) is 2.95. The number of rotatable bonds is 5. The molecule has 4 rings (SSSR count). The molecule has 5 heteroatoms. The maximum atomic E-state index is 5.98. The van der Waals surface area contributed by atoms with Crippen molar-refractivity contribution in [2.24, 2.45) is 0 Å². The Morgan fingerprint density at radius 3 is 2.36 bits per heavy atom. The lowest BCUT2D eigenvalue weighted by atomic mass is 10.2. The number of anilines is 2. The van der Waals surface area contributed by atoms with E-state index in [4.69, 9.17) is 21.3 Å². The number of ether oxygens (including phenoxy) is 1. The van der Waals surface area contributed by atoms with Gasteiger partial charge in [0.15, 0.2) is 5.82 Å². The lowest BCUT2D eigenvalue weighted by Gasteiger charge is -2.10. The van der Waals surface area contributed by atoms with E-state index in [9.17, 15) is 0 Å². The summed E-state index contributed by atoms with van der Waals surface area (Å²) in [4.78, 5) is 9.36. The molecule has 4 nitrogen and oxygen atoms in total. The van der Waals surface area contributed by atoms with Crippen LogP contribution in [0.4, 0.5) is 11.5 Å². The summed E-state index contributed by atoms with van der Waals surface area (Å²) in [5.74, 6) is 2.21. The molecule has 0 unspecified atom stereocenters. The number of nitrogens with zero attached hydrogens (tertiary/aromatic N) is 2. The van der Waals surface area contributed by atoms with E-state index in [0.29, 0.717) is 10.8 Å². The van der Waals surface area contributed by atoms with Crippen LogP contribution in [0.1, 0.15) is 11.4 Å². The third-order valence-corrected chi connectivity index (χ3v) is 4.52. The predicted octanol–water partition coefficient (Wildman–Crippen LogP) is 6.21. The number of hydrogen-bond donors (Lipinski definition) is 1. The highest BCUT2D eigenvalue weighted by atomic mass is 35.5. The van der Waals surface area contributed by atoms with Crippen molar-refractivity contribution in [2.75, 3.05) is 12.4 Å². The topological polar surface area (TPSA) is 47.0 Å². The van der Waals surface area contributed by atoms with Crippen molar-refractivity contribution in [2.45, 2.75) is 0 Å². The highest BCUT2D eigenvalue weighted by Gasteiger charge is 2.06. The Hall–Kier alpha value is -3.37. The molecular formula is C23H18ClN3O. The molecule has 0 amide bonds. The fourth-order valence-electron chi connectivity index (χ4n) is 2.82. The first-order valence-electron chi connectivity index (χ1n) is 8.83. The molecule has 0 aliphatic heterocycles. The Morgan fingerprint density at radius 2 is 1.61 bits per heavy atom. The summed E-state index contributed by atoms with van der Waals surface area (Å²) in [6.07, 6.45) is 3.89. The first-order valence-corrected chi connectivity index (χ1v) is 9.20. The van der Waals surface area contributed by atoms with Crippen molar-refractivity contribution in [3.63, 3.8) is 0 Å². The molecule has 0 atom stereocenters. The van der Waals surface area contributed by atoms with Crippen molar-refractivity contribution < 1.29 is 4.74 Å². The van der Waals surface area contributed by atoms with Gasteiger partial charge >= 0.3 is 0 Å². The Kier molecular flexibility index (Phi) is 5.22. The van der Waals surface area contributed by atoms with Crippen LogP contribution in [-0.4, -0.2) is 17.1 Å². The molecule has 1 aromatic heterocycles. The quantitative estimate of drug-likeness (QED) is 0.442. The van der Waals surface area contributed by atoms with Crippen LogP contribution in [0.25, 0.3) is 23.1 Å². The second-order valence-electron chi connectivity index (χ2n) is 6.19. The minimum absolute atomic E-state index is 0.631. The van der Waals surface area contributed by atoms with Crippen LogP contribution in [0, 0.1) is 0 Å². The second kappa shape index (κ2) is 8.11. The SMILES string of the molecule is COc1ccc(/C=C/c2nc(Nc3ccc(Cl)cc3)c3ccccc3n2)cc1.